The highest BCUT2D eigenvalue weighted by atomic mass is 19.1. The first-order chi connectivity index (χ1) is 17.7. The molecule has 2 aliphatic heterocycles. The second kappa shape index (κ2) is 10.4. The lowest BCUT2D eigenvalue weighted by Gasteiger charge is -2.28. The Labute approximate surface area is 212 Å². The van der Waals surface area contributed by atoms with Crippen molar-refractivity contribution < 1.29 is 23.7 Å². The molecule has 2 aromatic heterocycles. The summed E-state index contributed by atoms with van der Waals surface area (Å²) in [4.78, 5) is 23.2. The second-order valence-electron chi connectivity index (χ2n) is 10.0. The summed E-state index contributed by atoms with van der Waals surface area (Å²) in [5, 5.41) is 23.5. The second-order valence-corrected chi connectivity index (χ2v) is 10.0. The summed E-state index contributed by atoms with van der Waals surface area (Å²) in [7, 11) is 0. The molecule has 37 heavy (non-hydrogen) atoms. The Bertz CT molecular complexity index is 1340. The van der Waals surface area contributed by atoms with Gasteiger partial charge in [0.1, 0.15) is 11.9 Å². The Morgan fingerprint density at radius 2 is 2.03 bits per heavy atom. The van der Waals surface area contributed by atoms with E-state index in [1.165, 1.54) is 0 Å². The molecule has 0 unspecified atom stereocenters. The fourth-order valence-electron chi connectivity index (χ4n) is 5.15. The smallest absolute Gasteiger partial charge is 0.223 e. The standard InChI is InChI=1S/C26H31F2N5O4/c1-14(2)33-16(10-32-11-19(28)23(35)12-32)8-22(34)17-4-3-15(7-21(17)33)25-18(27)9-29-26(31-25)30-20-5-6-37-13-24(20)36/h3-4,7-9,14,19-20,23-24,35-36H,5-6,10-13H2,1-2H3,(H,29,30,31)/t19-,20-,23-,24-/m1/s1. The average molecular weight is 516 g/mol. The number of alkyl halides is 1. The van der Waals surface area contributed by atoms with Gasteiger partial charge in [-0.05, 0) is 32.4 Å². The van der Waals surface area contributed by atoms with Crippen molar-refractivity contribution in [2.75, 3.05) is 31.6 Å². The SMILES string of the molecule is CC(C)n1c(CN2C[C@@H](O)[C@H](F)C2)cc(=O)c2ccc(-c3nc(N[C@@H]4CCOC[C@H]4O)ncc3F)cc21. The molecule has 4 heterocycles. The van der Waals surface area contributed by atoms with Crippen LogP contribution in [0.5, 0.6) is 0 Å². The van der Waals surface area contributed by atoms with Gasteiger partial charge in [0.05, 0.1) is 36.6 Å². The van der Waals surface area contributed by atoms with Crippen LogP contribution in [0.1, 0.15) is 32.0 Å². The molecule has 2 fully saturated rings. The molecular weight excluding hydrogens is 484 g/mol. The minimum atomic E-state index is -1.32. The van der Waals surface area contributed by atoms with E-state index in [9.17, 15) is 23.8 Å². The van der Waals surface area contributed by atoms with Gasteiger partial charge in [0.25, 0.3) is 0 Å². The number of aliphatic hydroxyl groups excluding tert-OH is 2. The Hall–Kier alpha value is -2.99. The molecule has 4 atom stereocenters. The van der Waals surface area contributed by atoms with Gasteiger partial charge in [-0.25, -0.2) is 18.7 Å². The summed E-state index contributed by atoms with van der Waals surface area (Å²) in [6, 6.07) is 6.22. The lowest BCUT2D eigenvalue weighted by molar-refractivity contribution is -0.0136. The van der Waals surface area contributed by atoms with Crippen LogP contribution in [0.15, 0.2) is 35.3 Å². The zero-order chi connectivity index (χ0) is 26.3. The fourth-order valence-corrected chi connectivity index (χ4v) is 5.15. The number of β-amino-alcohol motifs (C(OH)–C–C–N with tert-alkyl or cyclic N) is 1. The van der Waals surface area contributed by atoms with Gasteiger partial charge in [-0.1, -0.05) is 6.07 Å². The van der Waals surface area contributed by atoms with Crippen molar-refractivity contribution in [2.24, 2.45) is 0 Å². The van der Waals surface area contributed by atoms with E-state index in [2.05, 4.69) is 15.3 Å². The minimum absolute atomic E-state index is 0.0514. The molecule has 1 aromatic carbocycles. The summed E-state index contributed by atoms with van der Waals surface area (Å²) in [5.41, 5.74) is 1.64. The molecule has 198 valence electrons. The van der Waals surface area contributed by atoms with Gasteiger partial charge in [-0.2, -0.15) is 0 Å². The van der Waals surface area contributed by atoms with Crippen molar-refractivity contribution in [3.8, 4) is 11.3 Å². The third kappa shape index (κ3) is 5.22. The van der Waals surface area contributed by atoms with Gasteiger partial charge in [-0.3, -0.25) is 9.69 Å². The van der Waals surface area contributed by atoms with Crippen LogP contribution in [0.25, 0.3) is 22.2 Å². The number of aliphatic hydroxyl groups is 2. The zero-order valence-electron chi connectivity index (χ0n) is 20.8. The number of pyridine rings is 1. The van der Waals surface area contributed by atoms with Crippen molar-refractivity contribution in [1.29, 1.82) is 0 Å². The summed E-state index contributed by atoms with van der Waals surface area (Å²) < 4.78 is 36.1. The molecule has 0 radical (unpaired) electrons. The van der Waals surface area contributed by atoms with E-state index in [-0.39, 0.29) is 48.9 Å². The molecule has 0 saturated carbocycles. The number of likely N-dealkylation sites (tertiary alicyclic amines) is 1. The Kier molecular flexibility index (Phi) is 7.21. The zero-order valence-corrected chi connectivity index (χ0v) is 20.8. The average Bonchev–Trinajstić information content (AvgIpc) is 3.17. The Balaban J connectivity index is 1.54. The normalized spacial score (nSPS) is 24.7. The number of fused-ring (bicyclic) bond motifs is 1. The van der Waals surface area contributed by atoms with Crippen LogP contribution in [0, 0.1) is 5.82 Å². The molecule has 0 aliphatic carbocycles. The van der Waals surface area contributed by atoms with E-state index in [0.717, 1.165) is 6.20 Å². The number of hydrogen-bond donors (Lipinski definition) is 3. The van der Waals surface area contributed by atoms with E-state index in [1.807, 2.05) is 18.4 Å². The van der Waals surface area contributed by atoms with Crippen LogP contribution in [-0.4, -0.2) is 80.4 Å². The first-order valence-electron chi connectivity index (χ1n) is 12.5. The number of hydrogen-bond acceptors (Lipinski definition) is 8. The quantitative estimate of drug-likeness (QED) is 0.458. The van der Waals surface area contributed by atoms with Crippen molar-refractivity contribution in [2.45, 2.75) is 57.3 Å². The van der Waals surface area contributed by atoms with E-state index in [0.29, 0.717) is 41.7 Å². The van der Waals surface area contributed by atoms with Crippen LogP contribution in [0.2, 0.25) is 0 Å². The number of benzene rings is 1. The predicted molar refractivity (Wildman–Crippen MR) is 135 cm³/mol. The van der Waals surface area contributed by atoms with Crippen molar-refractivity contribution >= 4 is 16.9 Å². The third-order valence-electron chi connectivity index (χ3n) is 6.99. The first kappa shape index (κ1) is 25.7. The molecule has 11 heteroatoms. The van der Waals surface area contributed by atoms with Gasteiger partial charge < -0.3 is 24.8 Å². The minimum Gasteiger partial charge on any atom is -0.389 e. The van der Waals surface area contributed by atoms with Gasteiger partial charge in [0.15, 0.2) is 11.2 Å². The van der Waals surface area contributed by atoms with Gasteiger partial charge in [0.2, 0.25) is 5.95 Å². The highest BCUT2D eigenvalue weighted by Crippen LogP contribution is 2.28. The summed E-state index contributed by atoms with van der Waals surface area (Å²) in [5.74, 6) is -0.433. The highest BCUT2D eigenvalue weighted by Gasteiger charge is 2.32. The maximum atomic E-state index is 14.9. The number of ether oxygens (including phenoxy) is 1. The molecule has 9 nitrogen and oxygen atoms in total. The number of anilines is 1. The van der Waals surface area contributed by atoms with Crippen LogP contribution >= 0.6 is 0 Å². The summed E-state index contributed by atoms with van der Waals surface area (Å²) in [6.07, 6.45) is -1.45. The molecular formula is C26H31F2N5O4. The Morgan fingerprint density at radius 1 is 1.22 bits per heavy atom. The van der Waals surface area contributed by atoms with Crippen LogP contribution < -0.4 is 10.7 Å². The van der Waals surface area contributed by atoms with E-state index in [4.69, 9.17) is 4.74 Å². The maximum absolute atomic E-state index is 14.9. The van der Waals surface area contributed by atoms with Gasteiger partial charge in [0, 0.05) is 55.0 Å². The van der Waals surface area contributed by atoms with Crippen LogP contribution in [0.3, 0.4) is 0 Å². The molecule has 0 bridgehead atoms. The van der Waals surface area contributed by atoms with Gasteiger partial charge >= 0.3 is 0 Å². The molecule has 0 amide bonds. The van der Waals surface area contributed by atoms with Crippen molar-refractivity contribution in [3.63, 3.8) is 0 Å². The van der Waals surface area contributed by atoms with E-state index >= 15 is 0 Å². The van der Waals surface area contributed by atoms with Crippen LogP contribution in [-0.2, 0) is 11.3 Å². The monoisotopic (exact) mass is 515 g/mol. The van der Waals surface area contributed by atoms with E-state index in [1.54, 1.807) is 29.2 Å². The van der Waals surface area contributed by atoms with Crippen molar-refractivity contribution in [1.82, 2.24) is 19.4 Å². The summed E-state index contributed by atoms with van der Waals surface area (Å²) >= 11 is 0. The number of rotatable bonds is 6. The summed E-state index contributed by atoms with van der Waals surface area (Å²) in [6.45, 7) is 5.23. The Morgan fingerprint density at radius 3 is 2.73 bits per heavy atom. The van der Waals surface area contributed by atoms with Crippen LogP contribution in [0.4, 0.5) is 14.7 Å². The predicted octanol–water partition coefficient (Wildman–Crippen LogP) is 2.25. The topological polar surface area (TPSA) is 113 Å². The lowest BCUT2D eigenvalue weighted by atomic mass is 10.1. The first-order valence-corrected chi connectivity index (χ1v) is 12.5. The molecule has 5 rings (SSSR count). The highest BCUT2D eigenvalue weighted by molar-refractivity contribution is 5.84. The fraction of sp³-hybridized carbons (Fsp3) is 0.500. The molecule has 3 aromatic rings. The van der Waals surface area contributed by atoms with Crippen molar-refractivity contribution in [3.05, 3.63) is 52.2 Å². The number of halogens is 2. The molecule has 3 N–H and O–H groups in total. The molecule has 0 spiro atoms. The number of nitrogens with one attached hydrogen (secondary N) is 1. The number of nitrogens with zero attached hydrogens (tertiary/aromatic N) is 4. The lowest BCUT2D eigenvalue weighted by Crippen LogP contribution is -2.42. The number of aromatic nitrogens is 3. The van der Waals surface area contributed by atoms with E-state index < -0.39 is 24.2 Å². The third-order valence-corrected chi connectivity index (χ3v) is 6.99. The molecule has 2 saturated heterocycles. The largest absolute Gasteiger partial charge is 0.389 e. The molecule has 2 aliphatic rings. The van der Waals surface area contributed by atoms with Gasteiger partial charge in [-0.15, -0.1) is 0 Å². The maximum Gasteiger partial charge on any atom is 0.223 e.